The lowest BCUT2D eigenvalue weighted by atomic mass is 10.2. The van der Waals surface area contributed by atoms with E-state index in [4.69, 9.17) is 31.5 Å². The van der Waals surface area contributed by atoms with Crippen LogP contribution in [0, 0.1) is 3.95 Å². The average molecular weight is 577 g/mol. The van der Waals surface area contributed by atoms with Gasteiger partial charge in [-0.05, 0) is 18.3 Å². The second-order valence-electron chi connectivity index (χ2n) is 8.03. The van der Waals surface area contributed by atoms with Gasteiger partial charge >= 0.3 is 17.9 Å². The average Bonchev–Trinajstić information content (AvgIpc) is 3.59. The zero-order chi connectivity index (χ0) is 28.0. The molecule has 1 aromatic carbocycles. The number of hydrogen-bond donors (Lipinski definition) is 4. The Morgan fingerprint density at radius 1 is 0.974 bits per heavy atom. The number of aliphatic carboxylic acids is 3. The Morgan fingerprint density at radius 2 is 1.62 bits per heavy atom. The molecule has 1 amide bonds. The molecule has 0 atom stereocenters. The maximum Gasteiger partial charge on any atom is 0.323 e. The second kappa shape index (κ2) is 9.76. The number of anilines is 1. The molecule has 39 heavy (non-hydrogen) atoms. The lowest BCUT2D eigenvalue weighted by Gasteiger charge is -2.15. The van der Waals surface area contributed by atoms with Crippen LogP contribution in [0.25, 0.3) is 0 Å². The predicted molar refractivity (Wildman–Crippen MR) is 133 cm³/mol. The van der Waals surface area contributed by atoms with Gasteiger partial charge in [0.25, 0.3) is 5.91 Å². The number of hydrogen-bond acceptors (Lipinski definition) is 12. The fourth-order valence-corrected chi connectivity index (χ4v) is 5.19. The molecule has 0 saturated heterocycles. The van der Waals surface area contributed by atoms with Crippen LogP contribution in [0.1, 0.15) is 4.88 Å². The summed E-state index contributed by atoms with van der Waals surface area (Å²) in [6.45, 7) is -1.96. The van der Waals surface area contributed by atoms with Gasteiger partial charge in [0.2, 0.25) is 18.6 Å². The van der Waals surface area contributed by atoms with E-state index < -0.39 is 49.3 Å². The molecule has 4 N–H and O–H groups in total. The zero-order valence-corrected chi connectivity index (χ0v) is 21.0. The van der Waals surface area contributed by atoms with E-state index in [0.29, 0.717) is 17.2 Å². The molecule has 0 aliphatic carbocycles. The van der Waals surface area contributed by atoms with Crippen molar-refractivity contribution in [3.05, 3.63) is 44.7 Å². The number of carbonyl (C=O) groups excluding carboxylic acids is 1. The Kier molecular flexibility index (Phi) is 6.44. The molecule has 3 aliphatic heterocycles. The lowest BCUT2D eigenvalue weighted by molar-refractivity contribution is -0.140. The van der Waals surface area contributed by atoms with E-state index in [9.17, 15) is 34.5 Å². The van der Waals surface area contributed by atoms with Crippen LogP contribution < -0.4 is 19.1 Å². The first-order valence-corrected chi connectivity index (χ1v) is 12.1. The molecule has 1 aromatic heterocycles. The Labute approximate surface area is 226 Å². The molecule has 5 rings (SSSR count). The summed E-state index contributed by atoms with van der Waals surface area (Å²) < 4.78 is 17.3. The monoisotopic (exact) mass is 576 g/mol. The van der Waals surface area contributed by atoms with Gasteiger partial charge in [-0.3, -0.25) is 33.5 Å². The Bertz CT molecular complexity index is 1600. The van der Waals surface area contributed by atoms with Crippen molar-refractivity contribution in [2.45, 2.75) is 6.54 Å². The number of fused-ring (bicyclic) bond motifs is 2. The molecular weight excluding hydrogens is 560 g/mol. The molecule has 2 aromatic rings. The van der Waals surface area contributed by atoms with Crippen molar-refractivity contribution in [3.63, 3.8) is 0 Å². The molecule has 0 radical (unpaired) electrons. The number of aliphatic imine (C=N–C) groups is 1. The van der Waals surface area contributed by atoms with E-state index in [2.05, 4.69) is 4.99 Å². The molecule has 4 heterocycles. The summed E-state index contributed by atoms with van der Waals surface area (Å²) in [5.41, 5.74) is 0.122. The molecule has 0 unspecified atom stereocenters. The summed E-state index contributed by atoms with van der Waals surface area (Å²) in [5, 5.41) is 38.4. The van der Waals surface area contributed by atoms with Gasteiger partial charge in [-0.25, -0.2) is 4.99 Å². The summed E-state index contributed by atoms with van der Waals surface area (Å²) in [6, 6.07) is 3.09. The van der Waals surface area contributed by atoms with Crippen molar-refractivity contribution in [3.8, 4) is 23.1 Å². The molecule has 0 spiro atoms. The van der Waals surface area contributed by atoms with Gasteiger partial charge in [0, 0.05) is 18.2 Å². The maximum atomic E-state index is 13.1. The SMILES string of the molecule is O=C(O)CN1C(=O)/C(=C\C=C2/Oc3cc4c(cc3N2CC(=O)O)OCO4)N=C1c1sc(=S)n(CC(=O)O)c1O. The molecule has 17 heteroatoms. The highest BCUT2D eigenvalue weighted by atomic mass is 32.1. The third kappa shape index (κ3) is 4.75. The Hall–Kier alpha value is -4.90. The van der Waals surface area contributed by atoms with Crippen molar-refractivity contribution in [2.24, 2.45) is 4.99 Å². The van der Waals surface area contributed by atoms with Gasteiger partial charge in [0.05, 0.1) is 5.69 Å². The first-order chi connectivity index (χ1) is 18.5. The fraction of sp³-hybridized carbons (Fsp3) is 0.182. The van der Waals surface area contributed by atoms with Gasteiger partial charge < -0.3 is 34.6 Å². The number of rotatable bonds is 8. The van der Waals surface area contributed by atoms with E-state index in [0.717, 1.165) is 20.8 Å². The topological polar surface area (TPSA) is 201 Å². The highest BCUT2D eigenvalue weighted by Gasteiger charge is 2.36. The minimum absolute atomic E-state index is 0.00427. The quantitative estimate of drug-likeness (QED) is 0.258. The van der Waals surface area contributed by atoms with Crippen LogP contribution in [-0.2, 0) is 25.7 Å². The lowest BCUT2D eigenvalue weighted by Crippen LogP contribution is -2.36. The third-order valence-corrected chi connectivity index (χ3v) is 6.94. The number of thiazole rings is 1. The minimum atomic E-state index is -1.37. The van der Waals surface area contributed by atoms with Crippen molar-refractivity contribution in [1.29, 1.82) is 0 Å². The van der Waals surface area contributed by atoms with Gasteiger partial charge in [0.15, 0.2) is 27.0 Å². The minimum Gasteiger partial charge on any atom is -0.493 e. The van der Waals surface area contributed by atoms with Crippen LogP contribution >= 0.6 is 23.6 Å². The molecular formula is C22H16N4O11S2. The van der Waals surface area contributed by atoms with Crippen LogP contribution in [-0.4, -0.2) is 79.4 Å². The number of allylic oxidation sites excluding steroid dienone is 2. The van der Waals surface area contributed by atoms with Gasteiger partial charge in [-0.2, -0.15) is 0 Å². The highest BCUT2D eigenvalue weighted by molar-refractivity contribution is 7.73. The van der Waals surface area contributed by atoms with Crippen molar-refractivity contribution in [1.82, 2.24) is 9.47 Å². The van der Waals surface area contributed by atoms with Crippen LogP contribution in [0.2, 0.25) is 0 Å². The molecule has 0 bridgehead atoms. The number of benzene rings is 1. The number of carbonyl (C=O) groups is 4. The van der Waals surface area contributed by atoms with Crippen molar-refractivity contribution >= 4 is 58.9 Å². The highest BCUT2D eigenvalue weighted by Crippen LogP contribution is 2.47. The van der Waals surface area contributed by atoms with E-state index in [1.54, 1.807) is 6.07 Å². The van der Waals surface area contributed by atoms with Crippen LogP contribution in [0.4, 0.5) is 5.69 Å². The van der Waals surface area contributed by atoms with Crippen molar-refractivity contribution < 1.29 is 53.8 Å². The molecule has 0 fully saturated rings. The zero-order valence-electron chi connectivity index (χ0n) is 19.4. The summed E-state index contributed by atoms with van der Waals surface area (Å²) in [7, 11) is 0. The normalized spacial score (nSPS) is 17.5. The maximum absolute atomic E-state index is 13.1. The number of aromatic nitrogens is 1. The largest absolute Gasteiger partial charge is 0.493 e. The number of amides is 1. The summed E-state index contributed by atoms with van der Waals surface area (Å²) in [6.07, 6.45) is 2.48. The van der Waals surface area contributed by atoms with E-state index in [1.165, 1.54) is 23.1 Å². The number of carboxylic acid groups (broad SMARTS) is 3. The van der Waals surface area contributed by atoms with E-state index in [1.807, 2.05) is 0 Å². The van der Waals surface area contributed by atoms with Gasteiger partial charge in [-0.1, -0.05) is 11.3 Å². The second-order valence-corrected chi connectivity index (χ2v) is 9.68. The summed E-state index contributed by atoms with van der Waals surface area (Å²) in [4.78, 5) is 53.4. The summed E-state index contributed by atoms with van der Waals surface area (Å²) in [5.74, 6) is -4.38. The number of carboxylic acids is 3. The third-order valence-electron chi connectivity index (χ3n) is 5.51. The molecule has 0 saturated carbocycles. The molecule has 3 aliphatic rings. The van der Waals surface area contributed by atoms with Crippen LogP contribution in [0.15, 0.2) is 40.9 Å². The predicted octanol–water partition coefficient (Wildman–Crippen LogP) is 1.18. The number of ether oxygens (including phenoxy) is 3. The first-order valence-electron chi connectivity index (χ1n) is 10.8. The fourth-order valence-electron chi connectivity index (χ4n) is 3.90. The van der Waals surface area contributed by atoms with Crippen LogP contribution in [0.3, 0.4) is 0 Å². The number of nitrogens with zero attached hydrogens (tertiary/aromatic N) is 4. The van der Waals surface area contributed by atoms with Gasteiger partial charge in [-0.15, -0.1) is 0 Å². The summed E-state index contributed by atoms with van der Waals surface area (Å²) >= 11 is 5.86. The first kappa shape index (κ1) is 25.7. The number of aromatic hydroxyl groups is 1. The Morgan fingerprint density at radius 3 is 2.28 bits per heavy atom. The van der Waals surface area contributed by atoms with Crippen molar-refractivity contribution in [2.75, 3.05) is 24.8 Å². The van der Waals surface area contributed by atoms with E-state index in [-0.39, 0.29) is 38.8 Å². The van der Waals surface area contributed by atoms with Crippen LogP contribution in [0.5, 0.6) is 23.1 Å². The van der Waals surface area contributed by atoms with E-state index >= 15 is 0 Å². The Balaban J connectivity index is 1.53. The smallest absolute Gasteiger partial charge is 0.323 e. The standard InChI is InChI=1S/C22H16N4O11S2/c27-15(28)5-24-10-3-12-13(36-8-35-12)4-11(10)37-14(24)2-1-9-20(33)25(6-16(29)30)19(23-9)18-21(34)26(7-17(31)32)22(38)39-18/h1-4,34H,5-8H2,(H,27,28)(H,29,30)(H,31,32)/b9-1+,14-2-. The molecule has 202 valence electrons. The van der Waals surface area contributed by atoms with Gasteiger partial charge in [0.1, 0.15) is 30.2 Å². The number of amidine groups is 1. The molecule has 15 nitrogen and oxygen atoms in total.